The van der Waals surface area contributed by atoms with Crippen molar-refractivity contribution in [3.63, 3.8) is 0 Å². The van der Waals surface area contributed by atoms with Crippen LogP contribution in [0.3, 0.4) is 0 Å². The Morgan fingerprint density at radius 1 is 1.33 bits per heavy atom. The fourth-order valence-corrected chi connectivity index (χ4v) is 1.77. The van der Waals surface area contributed by atoms with Gasteiger partial charge in [0.15, 0.2) is 0 Å². The molecule has 0 radical (unpaired) electrons. The average molecular weight is 210 g/mol. The first-order chi connectivity index (χ1) is 7.18. The molecule has 1 saturated heterocycles. The van der Waals surface area contributed by atoms with Gasteiger partial charge in [-0.2, -0.15) is 4.98 Å². The van der Waals surface area contributed by atoms with Gasteiger partial charge < -0.3 is 15.8 Å². The predicted molar refractivity (Wildman–Crippen MR) is 56.2 cm³/mol. The fraction of sp³-hybridized carbons (Fsp3) is 0.556. The molecular weight excluding hydrogens is 196 g/mol. The second kappa shape index (κ2) is 3.80. The summed E-state index contributed by atoms with van der Waals surface area (Å²) in [4.78, 5) is 17.3. The molecule has 1 aromatic rings. The maximum atomic E-state index is 11.3. The molecule has 0 aliphatic carbocycles. The van der Waals surface area contributed by atoms with E-state index in [4.69, 9.17) is 10.9 Å². The van der Waals surface area contributed by atoms with Crippen LogP contribution in [0.15, 0.2) is 10.9 Å². The number of nitrogens with zero attached hydrogens (tertiary/aromatic N) is 3. The van der Waals surface area contributed by atoms with Gasteiger partial charge in [-0.15, -0.1) is 4.73 Å². The molecule has 1 aliphatic rings. The summed E-state index contributed by atoms with van der Waals surface area (Å²) < 4.78 is 0.355. The average Bonchev–Trinajstić information content (AvgIpc) is 2.26. The van der Waals surface area contributed by atoms with E-state index in [0.29, 0.717) is 10.5 Å². The minimum Gasteiger partial charge on any atom is -0.422 e. The molecule has 0 saturated carbocycles. The number of aromatic nitrogens is 2. The van der Waals surface area contributed by atoms with Crippen molar-refractivity contribution in [1.29, 1.82) is 0 Å². The molecule has 2 heterocycles. The maximum Gasteiger partial charge on any atom is 0.289 e. The van der Waals surface area contributed by atoms with Crippen molar-refractivity contribution in [2.45, 2.75) is 19.3 Å². The lowest BCUT2D eigenvalue weighted by atomic mass is 10.1. The third-order valence-corrected chi connectivity index (χ3v) is 2.59. The number of anilines is 2. The van der Waals surface area contributed by atoms with E-state index in [1.165, 1.54) is 12.5 Å². The monoisotopic (exact) mass is 210 g/mol. The standard InChI is InChI=1S/C9H14N4O2/c10-9-11-7(6-8(14)13(9)15)12-4-2-1-3-5-12/h6,15H,1-5H2,(H2,10,11). The zero-order chi connectivity index (χ0) is 10.8. The van der Waals surface area contributed by atoms with Gasteiger partial charge >= 0.3 is 0 Å². The first-order valence-electron chi connectivity index (χ1n) is 5.02. The summed E-state index contributed by atoms with van der Waals surface area (Å²) >= 11 is 0. The van der Waals surface area contributed by atoms with Crippen molar-refractivity contribution >= 4 is 11.8 Å². The van der Waals surface area contributed by atoms with E-state index in [2.05, 4.69) is 4.98 Å². The van der Waals surface area contributed by atoms with E-state index in [1.54, 1.807) is 0 Å². The minimum absolute atomic E-state index is 0.164. The van der Waals surface area contributed by atoms with Gasteiger partial charge in [-0.25, -0.2) is 0 Å². The molecular formula is C9H14N4O2. The van der Waals surface area contributed by atoms with Gasteiger partial charge in [-0.1, -0.05) is 0 Å². The molecule has 0 unspecified atom stereocenters. The molecule has 6 heteroatoms. The van der Waals surface area contributed by atoms with E-state index in [1.807, 2.05) is 4.90 Å². The molecule has 1 aromatic heterocycles. The normalized spacial score (nSPS) is 16.7. The molecule has 82 valence electrons. The highest BCUT2D eigenvalue weighted by atomic mass is 16.5. The Morgan fingerprint density at radius 3 is 2.60 bits per heavy atom. The van der Waals surface area contributed by atoms with E-state index in [9.17, 15) is 4.79 Å². The van der Waals surface area contributed by atoms with Crippen LogP contribution in [-0.4, -0.2) is 28.0 Å². The summed E-state index contributed by atoms with van der Waals surface area (Å²) in [6, 6.07) is 1.31. The molecule has 0 amide bonds. The molecule has 1 aliphatic heterocycles. The fourth-order valence-electron chi connectivity index (χ4n) is 1.77. The second-order valence-corrected chi connectivity index (χ2v) is 3.67. The van der Waals surface area contributed by atoms with Gasteiger partial charge in [0.2, 0.25) is 5.95 Å². The van der Waals surface area contributed by atoms with Crippen molar-refractivity contribution in [1.82, 2.24) is 9.71 Å². The van der Waals surface area contributed by atoms with Crippen LogP contribution in [0.25, 0.3) is 0 Å². The SMILES string of the molecule is Nc1nc(N2CCCCC2)cc(=O)n1O. The first-order valence-corrected chi connectivity index (χ1v) is 5.02. The molecule has 15 heavy (non-hydrogen) atoms. The zero-order valence-electron chi connectivity index (χ0n) is 8.39. The summed E-state index contributed by atoms with van der Waals surface area (Å²) in [5.74, 6) is 0.394. The van der Waals surface area contributed by atoms with Crippen LogP contribution in [0.4, 0.5) is 11.8 Å². The molecule has 0 aromatic carbocycles. The Kier molecular flexibility index (Phi) is 2.49. The molecule has 1 fully saturated rings. The van der Waals surface area contributed by atoms with Gasteiger partial charge in [0, 0.05) is 19.2 Å². The van der Waals surface area contributed by atoms with Crippen LogP contribution in [0.2, 0.25) is 0 Å². The summed E-state index contributed by atoms with van der Waals surface area (Å²) in [6.07, 6.45) is 3.41. The number of nitrogens with two attached hydrogens (primary N) is 1. The topological polar surface area (TPSA) is 84.4 Å². The highest BCUT2D eigenvalue weighted by molar-refractivity contribution is 5.41. The summed E-state index contributed by atoms with van der Waals surface area (Å²) in [6.45, 7) is 1.78. The minimum atomic E-state index is -0.539. The van der Waals surface area contributed by atoms with E-state index in [-0.39, 0.29) is 5.95 Å². The first kappa shape index (κ1) is 9.82. The van der Waals surface area contributed by atoms with Crippen molar-refractivity contribution in [3.05, 3.63) is 16.4 Å². The molecule has 6 nitrogen and oxygen atoms in total. The summed E-state index contributed by atoms with van der Waals surface area (Å²) in [5, 5.41) is 9.13. The van der Waals surface area contributed by atoms with Crippen LogP contribution >= 0.6 is 0 Å². The van der Waals surface area contributed by atoms with Crippen LogP contribution in [0.1, 0.15) is 19.3 Å². The molecule has 0 spiro atoms. The largest absolute Gasteiger partial charge is 0.422 e. The highest BCUT2D eigenvalue weighted by Crippen LogP contribution is 2.16. The van der Waals surface area contributed by atoms with Crippen LogP contribution in [-0.2, 0) is 0 Å². The lowest BCUT2D eigenvalue weighted by Gasteiger charge is -2.27. The van der Waals surface area contributed by atoms with E-state index in [0.717, 1.165) is 25.9 Å². The van der Waals surface area contributed by atoms with E-state index < -0.39 is 5.56 Å². The van der Waals surface area contributed by atoms with Gasteiger partial charge in [0.05, 0.1) is 0 Å². The van der Waals surface area contributed by atoms with Crippen LogP contribution in [0, 0.1) is 0 Å². The molecule has 3 N–H and O–H groups in total. The van der Waals surface area contributed by atoms with Crippen LogP contribution < -0.4 is 16.2 Å². The van der Waals surface area contributed by atoms with Crippen molar-refractivity contribution in [3.8, 4) is 0 Å². The number of piperidine rings is 1. The third-order valence-electron chi connectivity index (χ3n) is 2.59. The summed E-state index contributed by atoms with van der Waals surface area (Å²) in [7, 11) is 0. The Bertz CT molecular complexity index is 409. The van der Waals surface area contributed by atoms with Gasteiger partial charge in [-0.3, -0.25) is 4.79 Å². The van der Waals surface area contributed by atoms with Crippen molar-refractivity contribution in [2.75, 3.05) is 23.7 Å². The lowest BCUT2D eigenvalue weighted by molar-refractivity contribution is 0.178. The molecule has 0 bridgehead atoms. The number of hydrogen-bond donors (Lipinski definition) is 2. The zero-order valence-corrected chi connectivity index (χ0v) is 8.39. The van der Waals surface area contributed by atoms with Crippen molar-refractivity contribution in [2.24, 2.45) is 0 Å². The quantitative estimate of drug-likeness (QED) is 0.640. The number of hydrogen-bond acceptors (Lipinski definition) is 5. The van der Waals surface area contributed by atoms with E-state index >= 15 is 0 Å². The number of rotatable bonds is 1. The molecule has 2 rings (SSSR count). The lowest BCUT2D eigenvalue weighted by Crippen LogP contribution is -2.33. The third kappa shape index (κ3) is 1.88. The van der Waals surface area contributed by atoms with Gasteiger partial charge in [-0.05, 0) is 19.3 Å². The Hall–Kier alpha value is -1.72. The summed E-state index contributed by atoms with van der Waals surface area (Å²) in [5.41, 5.74) is 4.86. The Balaban J connectivity index is 2.32. The molecule has 0 atom stereocenters. The number of nitrogen functional groups attached to an aromatic ring is 1. The highest BCUT2D eigenvalue weighted by Gasteiger charge is 2.14. The van der Waals surface area contributed by atoms with Crippen molar-refractivity contribution < 1.29 is 5.21 Å². The smallest absolute Gasteiger partial charge is 0.289 e. The van der Waals surface area contributed by atoms with Crippen LogP contribution in [0.5, 0.6) is 0 Å². The Morgan fingerprint density at radius 2 is 2.00 bits per heavy atom. The Labute approximate surface area is 86.9 Å². The predicted octanol–water partition coefficient (Wildman–Crippen LogP) is 0.0531. The second-order valence-electron chi connectivity index (χ2n) is 3.67. The van der Waals surface area contributed by atoms with Gasteiger partial charge in [0.1, 0.15) is 5.82 Å². The maximum absolute atomic E-state index is 11.3. The van der Waals surface area contributed by atoms with Gasteiger partial charge in [0.25, 0.3) is 5.56 Å².